The number of carbonyl (C=O) groups is 3. The zero-order valence-electron chi connectivity index (χ0n) is 18.9. The van der Waals surface area contributed by atoms with Crippen LogP contribution in [0, 0.1) is 25.7 Å². The fourth-order valence-corrected chi connectivity index (χ4v) is 7.09. The second-order valence-electron chi connectivity index (χ2n) is 9.58. The third-order valence-corrected chi connectivity index (χ3v) is 8.60. The van der Waals surface area contributed by atoms with Gasteiger partial charge in [-0.25, -0.2) is 4.90 Å². The monoisotopic (exact) mass is 499 g/mol. The lowest BCUT2D eigenvalue weighted by atomic mass is 9.75. The number of nitrogens with zero attached hydrogens (tertiary/aromatic N) is 2. The number of rotatable bonds is 2. The van der Waals surface area contributed by atoms with E-state index in [1.807, 2.05) is 19.9 Å². The van der Waals surface area contributed by atoms with Gasteiger partial charge in [-0.1, -0.05) is 29.3 Å². The van der Waals surface area contributed by atoms with Crippen LogP contribution in [0.5, 0.6) is 5.75 Å². The first-order valence-electron chi connectivity index (χ1n) is 11.3. The van der Waals surface area contributed by atoms with Crippen molar-refractivity contribution in [2.75, 3.05) is 23.9 Å². The molecule has 0 bridgehead atoms. The van der Waals surface area contributed by atoms with Crippen molar-refractivity contribution in [1.82, 2.24) is 4.90 Å². The predicted octanol–water partition coefficient (Wildman–Crippen LogP) is 4.05. The Kier molecular flexibility index (Phi) is 4.63. The zero-order chi connectivity index (χ0) is 24.1. The number of hydrogen-bond donors (Lipinski definition) is 1. The van der Waals surface area contributed by atoms with Crippen LogP contribution in [-0.4, -0.2) is 42.3 Å². The number of halogens is 2. The molecule has 4 atom stereocenters. The third kappa shape index (κ3) is 2.50. The van der Waals surface area contributed by atoms with Crippen LogP contribution in [-0.2, 0) is 19.9 Å². The van der Waals surface area contributed by atoms with Crippen LogP contribution in [0.3, 0.4) is 0 Å². The highest BCUT2D eigenvalue weighted by atomic mass is 35.5. The largest absolute Gasteiger partial charge is 0.495 e. The van der Waals surface area contributed by atoms with Crippen molar-refractivity contribution < 1.29 is 19.1 Å². The summed E-state index contributed by atoms with van der Waals surface area (Å²) >= 11 is 12.8. The molecular formula is C25H23Cl2N3O4. The molecule has 4 heterocycles. The van der Waals surface area contributed by atoms with E-state index < -0.39 is 23.3 Å². The molecule has 3 fully saturated rings. The van der Waals surface area contributed by atoms with Gasteiger partial charge in [-0.15, -0.1) is 0 Å². The maximum Gasteiger partial charge on any atom is 0.250 e. The van der Waals surface area contributed by atoms with E-state index in [4.69, 9.17) is 27.9 Å². The second-order valence-corrected chi connectivity index (χ2v) is 10.4. The van der Waals surface area contributed by atoms with Gasteiger partial charge in [0.25, 0.3) is 5.91 Å². The molecule has 2 aromatic rings. The molecule has 0 aliphatic carbocycles. The van der Waals surface area contributed by atoms with Gasteiger partial charge in [-0.2, -0.15) is 0 Å². The number of imide groups is 1. The minimum Gasteiger partial charge on any atom is -0.495 e. The molecule has 3 saturated heterocycles. The SMILES string of the molecule is COc1cc(Cl)c(C)cc1N1C(=O)[C@@H]2[C@@H]3CCCN3[C@]3(C(=O)Nc4c(Cl)cc(C)cc43)[C@H]2C1=O. The first-order chi connectivity index (χ1) is 16.2. The number of hydrogen-bond acceptors (Lipinski definition) is 5. The number of nitrogens with one attached hydrogen (secondary N) is 1. The number of anilines is 2. The lowest BCUT2D eigenvalue weighted by Gasteiger charge is -2.37. The van der Waals surface area contributed by atoms with Gasteiger partial charge >= 0.3 is 0 Å². The standard InChI is InChI=1S/C25H23Cl2N3O4/c1-11-7-13-21(15(27)8-11)28-24(33)25(13)20-19(16-5-4-6-29(16)25)22(31)30(23(20)32)17-9-12(2)14(26)10-18(17)34-3/h7-10,16,19-20H,4-6H2,1-3H3,(H,28,33)/t16-,19+,20+,25-/m0/s1. The molecule has 2 aromatic carbocycles. The Morgan fingerprint density at radius 3 is 2.56 bits per heavy atom. The molecule has 4 aliphatic rings. The summed E-state index contributed by atoms with van der Waals surface area (Å²) in [5, 5.41) is 3.86. The molecule has 1 spiro atoms. The highest BCUT2D eigenvalue weighted by Gasteiger charge is 2.75. The van der Waals surface area contributed by atoms with Crippen LogP contribution >= 0.6 is 23.2 Å². The molecule has 7 nitrogen and oxygen atoms in total. The normalized spacial score (nSPS) is 29.6. The minimum atomic E-state index is -1.27. The van der Waals surface area contributed by atoms with Gasteiger partial charge in [0.2, 0.25) is 11.8 Å². The van der Waals surface area contributed by atoms with E-state index in [1.165, 1.54) is 12.0 Å². The number of amides is 3. The maximum atomic E-state index is 14.2. The van der Waals surface area contributed by atoms with Crippen molar-refractivity contribution in [1.29, 1.82) is 0 Å². The van der Waals surface area contributed by atoms with Crippen molar-refractivity contribution in [2.45, 2.75) is 38.3 Å². The predicted molar refractivity (Wildman–Crippen MR) is 128 cm³/mol. The quantitative estimate of drug-likeness (QED) is 0.630. The molecule has 34 heavy (non-hydrogen) atoms. The van der Waals surface area contributed by atoms with E-state index in [-0.39, 0.29) is 17.9 Å². The Hall–Kier alpha value is -2.61. The van der Waals surface area contributed by atoms with E-state index in [2.05, 4.69) is 10.2 Å². The van der Waals surface area contributed by atoms with Crippen LogP contribution in [0.2, 0.25) is 10.0 Å². The van der Waals surface area contributed by atoms with Gasteiger partial charge in [-0.3, -0.25) is 19.3 Å². The average molecular weight is 500 g/mol. The third-order valence-electron chi connectivity index (χ3n) is 7.90. The molecule has 0 aromatic heterocycles. The first kappa shape index (κ1) is 21.9. The molecule has 1 N–H and O–H groups in total. The Balaban J connectivity index is 1.58. The van der Waals surface area contributed by atoms with Crippen LogP contribution in [0.4, 0.5) is 11.4 Å². The van der Waals surface area contributed by atoms with Crippen molar-refractivity contribution >= 4 is 52.3 Å². The van der Waals surface area contributed by atoms with Crippen molar-refractivity contribution in [3.05, 3.63) is 51.0 Å². The smallest absolute Gasteiger partial charge is 0.250 e. The summed E-state index contributed by atoms with van der Waals surface area (Å²) < 4.78 is 5.49. The van der Waals surface area contributed by atoms with Crippen LogP contribution in [0.15, 0.2) is 24.3 Å². The summed E-state index contributed by atoms with van der Waals surface area (Å²) in [6.45, 7) is 4.36. The van der Waals surface area contributed by atoms with Gasteiger partial charge in [0.15, 0.2) is 0 Å². The number of aryl methyl sites for hydroxylation is 2. The molecule has 0 saturated carbocycles. The molecule has 3 amide bonds. The van der Waals surface area contributed by atoms with Gasteiger partial charge in [0.1, 0.15) is 11.3 Å². The minimum absolute atomic E-state index is 0.207. The molecular weight excluding hydrogens is 477 g/mol. The molecule has 0 unspecified atom stereocenters. The Labute approximate surface area is 206 Å². The average Bonchev–Trinajstić information content (AvgIpc) is 3.49. The van der Waals surface area contributed by atoms with E-state index in [1.54, 1.807) is 18.2 Å². The van der Waals surface area contributed by atoms with Crippen LogP contribution in [0.1, 0.15) is 29.5 Å². The van der Waals surface area contributed by atoms with Crippen LogP contribution in [0.25, 0.3) is 0 Å². The summed E-state index contributed by atoms with van der Waals surface area (Å²) in [4.78, 5) is 45.2. The fraction of sp³-hybridized carbons (Fsp3) is 0.400. The lowest BCUT2D eigenvalue weighted by Crippen LogP contribution is -2.54. The Bertz CT molecular complexity index is 1310. The van der Waals surface area contributed by atoms with Gasteiger partial charge in [-0.05, 0) is 56.5 Å². The van der Waals surface area contributed by atoms with Gasteiger partial charge < -0.3 is 10.1 Å². The van der Waals surface area contributed by atoms with E-state index in [0.717, 1.165) is 24.0 Å². The van der Waals surface area contributed by atoms with E-state index in [9.17, 15) is 14.4 Å². The topological polar surface area (TPSA) is 79.0 Å². The highest BCUT2D eigenvalue weighted by molar-refractivity contribution is 6.35. The zero-order valence-corrected chi connectivity index (χ0v) is 20.5. The van der Waals surface area contributed by atoms with E-state index >= 15 is 0 Å². The van der Waals surface area contributed by atoms with Crippen molar-refractivity contribution in [3.8, 4) is 5.75 Å². The Morgan fingerprint density at radius 1 is 1.06 bits per heavy atom. The second kappa shape index (κ2) is 7.20. The van der Waals surface area contributed by atoms with Gasteiger partial charge in [0, 0.05) is 22.7 Å². The molecule has 176 valence electrons. The van der Waals surface area contributed by atoms with Crippen LogP contribution < -0.4 is 15.0 Å². The van der Waals surface area contributed by atoms with Crippen molar-refractivity contribution in [3.63, 3.8) is 0 Å². The van der Waals surface area contributed by atoms with Gasteiger partial charge in [0.05, 0.1) is 35.3 Å². The fourth-order valence-electron chi connectivity index (χ4n) is 6.62. The first-order valence-corrected chi connectivity index (χ1v) is 12.1. The number of ether oxygens (including phenoxy) is 1. The summed E-state index contributed by atoms with van der Waals surface area (Å²) in [5.74, 6) is -2.15. The van der Waals surface area contributed by atoms with E-state index in [0.29, 0.717) is 39.3 Å². The Morgan fingerprint density at radius 2 is 1.82 bits per heavy atom. The summed E-state index contributed by atoms with van der Waals surface area (Å²) in [5.41, 5.74) is 1.91. The summed E-state index contributed by atoms with van der Waals surface area (Å²) in [6.07, 6.45) is 1.59. The summed E-state index contributed by atoms with van der Waals surface area (Å²) in [7, 11) is 1.47. The highest BCUT2D eigenvalue weighted by Crippen LogP contribution is 2.62. The number of benzene rings is 2. The van der Waals surface area contributed by atoms with Crippen molar-refractivity contribution in [2.24, 2.45) is 11.8 Å². The number of fused-ring (bicyclic) bond motifs is 7. The molecule has 9 heteroatoms. The molecule has 4 aliphatic heterocycles. The summed E-state index contributed by atoms with van der Waals surface area (Å²) in [6, 6.07) is 6.81. The maximum absolute atomic E-state index is 14.2. The number of carbonyl (C=O) groups excluding carboxylic acids is 3. The molecule has 6 rings (SSSR count). The number of methoxy groups -OCH3 is 1. The lowest BCUT2D eigenvalue weighted by molar-refractivity contribution is -0.135. The molecule has 0 radical (unpaired) electrons.